The number of aldehydes is 1. The maximum atomic E-state index is 13.2. The molecule has 0 bridgehead atoms. The van der Waals surface area contributed by atoms with Crippen molar-refractivity contribution >= 4 is 24.0 Å². The maximum absolute atomic E-state index is 13.2. The summed E-state index contributed by atoms with van der Waals surface area (Å²) >= 11 is 0. The molecule has 1 aromatic heterocycles. The first kappa shape index (κ1) is 37.1. The van der Waals surface area contributed by atoms with Crippen LogP contribution in [0.15, 0.2) is 48.5 Å². The van der Waals surface area contributed by atoms with E-state index in [1.807, 2.05) is 25.8 Å². The summed E-state index contributed by atoms with van der Waals surface area (Å²) in [6, 6.07) is 16.2. The number of nitrogens with one attached hydrogen (secondary N) is 1. The Morgan fingerprint density at radius 1 is 1.02 bits per heavy atom. The summed E-state index contributed by atoms with van der Waals surface area (Å²) in [6.45, 7) is 6.94. The van der Waals surface area contributed by atoms with Gasteiger partial charge < -0.3 is 26.0 Å². The number of fused-ring (bicyclic) bond motifs is 1. The third-order valence-corrected chi connectivity index (χ3v) is 6.99. The average Bonchev–Trinajstić information content (AvgIpc) is 3.58. The lowest BCUT2D eigenvalue weighted by Crippen LogP contribution is -2.20. The van der Waals surface area contributed by atoms with Gasteiger partial charge in [0.05, 0.1) is 6.67 Å². The Bertz CT molecular complexity index is 1060. The molecule has 0 aliphatic carbocycles. The lowest BCUT2D eigenvalue weighted by Gasteiger charge is -2.26. The number of rotatable bonds is 9. The quantitative estimate of drug-likeness (QED) is 0.205. The third kappa shape index (κ3) is 11.7. The predicted molar refractivity (Wildman–Crippen MR) is 164 cm³/mol. The zero-order chi connectivity index (χ0) is 30.5. The monoisotopic (exact) mass is 560 g/mol. The van der Waals surface area contributed by atoms with Crippen LogP contribution >= 0.6 is 0 Å². The number of hydrogen-bond donors (Lipinski definition) is 3. The number of aromatic amines is 1. The van der Waals surface area contributed by atoms with Crippen LogP contribution in [0.25, 0.3) is 10.9 Å². The summed E-state index contributed by atoms with van der Waals surface area (Å²) in [7, 11) is 5.18. The van der Waals surface area contributed by atoms with Crippen molar-refractivity contribution in [2.45, 2.75) is 64.3 Å². The van der Waals surface area contributed by atoms with E-state index < -0.39 is 0 Å². The summed E-state index contributed by atoms with van der Waals surface area (Å²) in [5, 5.41) is 1.26. The van der Waals surface area contributed by atoms with Crippen LogP contribution in [-0.2, 0) is 9.59 Å². The number of H-pyrrole nitrogens is 1. The van der Waals surface area contributed by atoms with Gasteiger partial charge >= 0.3 is 0 Å². The van der Waals surface area contributed by atoms with E-state index in [-0.39, 0.29) is 18.4 Å². The number of likely N-dealkylation sites (N-methyl/N-ethyl adjacent to an activating group) is 1. The lowest BCUT2D eigenvalue weighted by atomic mass is 9.87. The molecular weight excluding hydrogens is 510 g/mol. The molecule has 3 atom stereocenters. The summed E-state index contributed by atoms with van der Waals surface area (Å²) in [5.41, 5.74) is 13.9. The van der Waals surface area contributed by atoms with Gasteiger partial charge in [-0.15, -0.1) is 0 Å². The van der Waals surface area contributed by atoms with E-state index in [2.05, 4.69) is 59.6 Å². The molecule has 3 unspecified atom stereocenters. The van der Waals surface area contributed by atoms with Crippen LogP contribution in [0.3, 0.4) is 0 Å². The second kappa shape index (κ2) is 21.8. The molecule has 6 nitrogen and oxygen atoms in total. The van der Waals surface area contributed by atoms with Crippen molar-refractivity contribution in [1.82, 2.24) is 9.88 Å². The minimum atomic E-state index is -0.224. The van der Waals surface area contributed by atoms with Crippen LogP contribution < -0.4 is 11.5 Å². The Balaban J connectivity index is 0.000000762. The molecule has 224 valence electrons. The van der Waals surface area contributed by atoms with Gasteiger partial charge in [0.15, 0.2) is 0 Å². The van der Waals surface area contributed by atoms with Gasteiger partial charge in [0, 0.05) is 29.1 Å². The Kier molecular flexibility index (Phi) is 20.2. The first-order chi connectivity index (χ1) is 19.5. The van der Waals surface area contributed by atoms with Gasteiger partial charge in [-0.25, -0.2) is 4.39 Å². The minimum Gasteiger partial charge on any atom is -0.359 e. The predicted octanol–water partition coefficient (Wildman–Crippen LogP) is 6.48. The van der Waals surface area contributed by atoms with Crippen molar-refractivity contribution in [2.24, 2.45) is 17.4 Å². The van der Waals surface area contributed by atoms with Gasteiger partial charge in [-0.05, 0) is 107 Å². The van der Waals surface area contributed by atoms with Crippen LogP contribution in [0.2, 0.25) is 0 Å². The molecule has 0 saturated carbocycles. The van der Waals surface area contributed by atoms with Crippen molar-refractivity contribution < 1.29 is 18.4 Å². The number of likely N-dealkylation sites (tertiary alicyclic amines) is 1. The standard InChI is InChI=1S/C20H21FN2.C9H17FO.2CH5N.CH2O/c1-13-11-16-12-15(5-8-19(16)22-13)20-18(9-10-23(20)2)14-3-6-17(21)7-4-14;1-2-9(8-11)6-4-3-5-7-10;3*1-2/h3-8,11-12,18,20,22H,9-10H2,1-2H3;8-9H,2-7H2,1H3;2*2H2,1H3;1H2. The van der Waals surface area contributed by atoms with Crippen LogP contribution in [-0.4, -0.2) is 57.3 Å². The van der Waals surface area contributed by atoms with E-state index in [1.54, 1.807) is 12.1 Å². The van der Waals surface area contributed by atoms with Crippen LogP contribution in [0, 0.1) is 18.7 Å². The van der Waals surface area contributed by atoms with Crippen LogP contribution in [0.5, 0.6) is 0 Å². The van der Waals surface area contributed by atoms with Crippen LogP contribution in [0.1, 0.15) is 74.2 Å². The summed E-state index contributed by atoms with van der Waals surface area (Å²) in [4.78, 5) is 24.1. The molecule has 0 spiro atoms. The van der Waals surface area contributed by atoms with Gasteiger partial charge in [-0.3, -0.25) is 9.29 Å². The number of unbranched alkanes of at least 4 members (excludes halogenated alkanes) is 2. The fraction of sp³-hybridized carbons (Fsp3) is 0.500. The van der Waals surface area contributed by atoms with E-state index in [1.165, 1.54) is 41.8 Å². The number of nitrogens with two attached hydrogens (primary N) is 2. The van der Waals surface area contributed by atoms with Crippen LogP contribution in [0.4, 0.5) is 8.78 Å². The average molecular weight is 561 g/mol. The highest BCUT2D eigenvalue weighted by Crippen LogP contribution is 2.43. The number of carbonyl (C=O) groups is 2. The molecular formula is C32H50F2N4O2. The number of carbonyl (C=O) groups excluding carboxylic acids is 2. The first-order valence-electron chi connectivity index (χ1n) is 14.0. The zero-order valence-electron chi connectivity index (χ0n) is 25.0. The molecule has 1 saturated heterocycles. The van der Waals surface area contributed by atoms with Crippen molar-refractivity contribution in [3.63, 3.8) is 0 Å². The normalized spacial score (nSPS) is 16.6. The minimum absolute atomic E-state index is 0.166. The highest BCUT2D eigenvalue weighted by molar-refractivity contribution is 5.81. The zero-order valence-corrected chi connectivity index (χ0v) is 25.0. The number of nitrogens with zero attached hydrogens (tertiary/aromatic N) is 1. The lowest BCUT2D eigenvalue weighted by molar-refractivity contribution is -0.111. The molecule has 1 aliphatic rings. The second-order valence-electron chi connectivity index (χ2n) is 9.51. The highest BCUT2D eigenvalue weighted by atomic mass is 19.1. The molecule has 2 aromatic carbocycles. The smallest absolute Gasteiger partial charge is 0.123 e. The number of benzene rings is 2. The van der Waals surface area contributed by atoms with Gasteiger partial charge in [-0.1, -0.05) is 38.0 Å². The molecule has 4 rings (SSSR count). The van der Waals surface area contributed by atoms with Gasteiger partial charge in [0.2, 0.25) is 0 Å². The highest BCUT2D eigenvalue weighted by Gasteiger charge is 2.34. The Hall–Kier alpha value is -2.94. The number of alkyl halides is 1. The van der Waals surface area contributed by atoms with E-state index in [0.29, 0.717) is 18.4 Å². The van der Waals surface area contributed by atoms with Gasteiger partial charge in [-0.2, -0.15) is 0 Å². The Labute approximate surface area is 239 Å². The Morgan fingerprint density at radius 3 is 2.23 bits per heavy atom. The Morgan fingerprint density at radius 2 is 1.65 bits per heavy atom. The first-order valence-corrected chi connectivity index (χ1v) is 14.0. The van der Waals surface area contributed by atoms with Gasteiger partial charge in [0.1, 0.15) is 18.9 Å². The molecule has 8 heteroatoms. The molecule has 1 aliphatic heterocycles. The number of hydrogen-bond acceptors (Lipinski definition) is 5. The molecule has 40 heavy (non-hydrogen) atoms. The molecule has 3 aromatic rings. The summed E-state index contributed by atoms with van der Waals surface area (Å²) < 4.78 is 24.8. The van der Waals surface area contributed by atoms with Crippen molar-refractivity contribution in [3.05, 3.63) is 71.2 Å². The second-order valence-corrected chi connectivity index (χ2v) is 9.51. The molecule has 5 N–H and O–H groups in total. The fourth-order valence-electron chi connectivity index (χ4n) is 5.02. The van der Waals surface area contributed by atoms with E-state index in [0.717, 1.165) is 44.9 Å². The van der Waals surface area contributed by atoms with Crippen molar-refractivity contribution in [3.8, 4) is 0 Å². The number of halogens is 2. The summed E-state index contributed by atoms with van der Waals surface area (Å²) in [6.07, 6.45) is 6.52. The molecule has 2 heterocycles. The van der Waals surface area contributed by atoms with Crippen molar-refractivity contribution in [2.75, 3.05) is 34.4 Å². The largest absolute Gasteiger partial charge is 0.359 e. The third-order valence-electron chi connectivity index (χ3n) is 6.99. The van der Waals surface area contributed by atoms with E-state index in [9.17, 15) is 13.6 Å². The topological polar surface area (TPSA) is 105 Å². The molecule has 0 amide bonds. The maximum Gasteiger partial charge on any atom is 0.123 e. The SMILES string of the molecule is C=O.CCC(C=O)CCCCCF.CN.CN.Cc1cc2cc(C3C(c4ccc(F)cc4)CCN3C)ccc2[nH]1. The number of aryl methyl sites for hydroxylation is 1. The van der Waals surface area contributed by atoms with E-state index in [4.69, 9.17) is 4.79 Å². The van der Waals surface area contributed by atoms with Crippen molar-refractivity contribution in [1.29, 1.82) is 0 Å². The van der Waals surface area contributed by atoms with E-state index >= 15 is 0 Å². The summed E-state index contributed by atoms with van der Waals surface area (Å²) in [5.74, 6) is 0.452. The molecule has 1 fully saturated rings. The van der Waals surface area contributed by atoms with Gasteiger partial charge in [0.25, 0.3) is 0 Å². The number of aromatic nitrogens is 1. The molecule has 0 radical (unpaired) electrons. The fourth-order valence-corrected chi connectivity index (χ4v) is 5.02.